The Kier molecular flexibility index (Phi) is 9.51. The Morgan fingerprint density at radius 3 is 2.29 bits per heavy atom. The van der Waals surface area contributed by atoms with E-state index in [-0.39, 0.29) is 24.3 Å². The van der Waals surface area contributed by atoms with E-state index in [1.54, 1.807) is 60.5 Å². The maximum atomic E-state index is 12.5. The maximum Gasteiger partial charge on any atom is 0.253 e. The summed E-state index contributed by atoms with van der Waals surface area (Å²) in [5.41, 5.74) is 2.34. The lowest BCUT2D eigenvalue weighted by atomic mass is 10.1. The molecular formula is C23H30N4O4. The molecule has 3 N–H and O–H groups in total. The number of nitrogens with zero attached hydrogens (tertiary/aromatic N) is 1. The Bertz CT molecular complexity index is 879. The molecule has 0 heterocycles. The van der Waals surface area contributed by atoms with E-state index in [1.807, 2.05) is 13.8 Å². The van der Waals surface area contributed by atoms with E-state index in [1.165, 1.54) is 0 Å². The molecule has 0 unspecified atom stereocenters. The maximum absolute atomic E-state index is 12.5. The van der Waals surface area contributed by atoms with E-state index in [4.69, 9.17) is 4.74 Å². The standard InChI is InChI=1S/C23H30N4O4/c1-4-27(5-2)23(30)18-7-6-8-20(15-18)26-21(28)16-25-19-11-9-17(10-12-19)22(29)24-13-14-31-3/h6-12,15,25H,4-5,13-14,16H2,1-3H3,(H,24,29)(H,26,28). The molecule has 0 radical (unpaired) electrons. The Balaban J connectivity index is 1.87. The van der Waals surface area contributed by atoms with Gasteiger partial charge in [0.05, 0.1) is 13.2 Å². The van der Waals surface area contributed by atoms with Gasteiger partial charge in [0.2, 0.25) is 5.91 Å². The largest absolute Gasteiger partial charge is 0.383 e. The lowest BCUT2D eigenvalue weighted by Gasteiger charge is -2.19. The van der Waals surface area contributed by atoms with Crippen LogP contribution in [0.1, 0.15) is 34.6 Å². The molecule has 0 saturated heterocycles. The number of benzene rings is 2. The van der Waals surface area contributed by atoms with Crippen LogP contribution in [0.3, 0.4) is 0 Å². The van der Waals surface area contributed by atoms with Crippen LogP contribution >= 0.6 is 0 Å². The van der Waals surface area contributed by atoms with Crippen molar-refractivity contribution in [2.24, 2.45) is 0 Å². The molecular weight excluding hydrogens is 396 g/mol. The number of hydrogen-bond acceptors (Lipinski definition) is 5. The average Bonchev–Trinajstić information content (AvgIpc) is 2.79. The van der Waals surface area contributed by atoms with E-state index in [9.17, 15) is 14.4 Å². The third-order valence-corrected chi connectivity index (χ3v) is 4.64. The smallest absolute Gasteiger partial charge is 0.253 e. The first-order chi connectivity index (χ1) is 15.0. The summed E-state index contributed by atoms with van der Waals surface area (Å²) < 4.78 is 4.90. The second-order valence-corrected chi connectivity index (χ2v) is 6.79. The normalized spacial score (nSPS) is 10.3. The monoisotopic (exact) mass is 426 g/mol. The molecule has 0 aliphatic carbocycles. The molecule has 166 valence electrons. The SMILES string of the molecule is CCN(CC)C(=O)c1cccc(NC(=O)CNc2ccc(C(=O)NCCOC)cc2)c1. The second kappa shape index (κ2) is 12.3. The molecule has 0 aromatic heterocycles. The molecule has 0 saturated carbocycles. The van der Waals surface area contributed by atoms with Gasteiger partial charge in [-0.15, -0.1) is 0 Å². The fourth-order valence-corrected chi connectivity index (χ4v) is 2.92. The van der Waals surface area contributed by atoms with Crippen molar-refractivity contribution >= 4 is 29.1 Å². The highest BCUT2D eigenvalue weighted by Gasteiger charge is 2.13. The summed E-state index contributed by atoms with van der Waals surface area (Å²) in [6, 6.07) is 13.8. The first-order valence-corrected chi connectivity index (χ1v) is 10.3. The van der Waals surface area contributed by atoms with Gasteiger partial charge < -0.3 is 25.6 Å². The lowest BCUT2D eigenvalue weighted by molar-refractivity contribution is -0.114. The topological polar surface area (TPSA) is 99.8 Å². The van der Waals surface area contributed by atoms with Gasteiger partial charge in [-0.05, 0) is 56.3 Å². The van der Waals surface area contributed by atoms with Crippen LogP contribution in [0.25, 0.3) is 0 Å². The van der Waals surface area contributed by atoms with Crippen LogP contribution in [0.5, 0.6) is 0 Å². The molecule has 0 atom stereocenters. The predicted molar refractivity (Wildman–Crippen MR) is 121 cm³/mol. The van der Waals surface area contributed by atoms with Crippen LogP contribution in [0.15, 0.2) is 48.5 Å². The van der Waals surface area contributed by atoms with E-state index < -0.39 is 0 Å². The second-order valence-electron chi connectivity index (χ2n) is 6.79. The Hall–Kier alpha value is -3.39. The van der Waals surface area contributed by atoms with Crippen molar-refractivity contribution in [3.05, 3.63) is 59.7 Å². The van der Waals surface area contributed by atoms with Gasteiger partial charge in [-0.1, -0.05) is 6.07 Å². The zero-order chi connectivity index (χ0) is 22.6. The van der Waals surface area contributed by atoms with Gasteiger partial charge in [0.25, 0.3) is 11.8 Å². The number of hydrogen-bond donors (Lipinski definition) is 3. The van der Waals surface area contributed by atoms with Crippen molar-refractivity contribution in [3.8, 4) is 0 Å². The van der Waals surface area contributed by atoms with Gasteiger partial charge in [-0.25, -0.2) is 0 Å². The van der Waals surface area contributed by atoms with Gasteiger partial charge in [0.15, 0.2) is 0 Å². The van der Waals surface area contributed by atoms with Gasteiger partial charge in [0, 0.05) is 49.2 Å². The molecule has 0 aliphatic rings. The van der Waals surface area contributed by atoms with Gasteiger partial charge in [-0.2, -0.15) is 0 Å². The number of nitrogens with one attached hydrogen (secondary N) is 3. The molecule has 0 spiro atoms. The molecule has 0 aliphatic heterocycles. The van der Waals surface area contributed by atoms with Crippen molar-refractivity contribution in [1.82, 2.24) is 10.2 Å². The summed E-state index contributed by atoms with van der Waals surface area (Å²) in [5, 5.41) is 8.56. The van der Waals surface area contributed by atoms with Crippen LogP contribution < -0.4 is 16.0 Å². The highest BCUT2D eigenvalue weighted by Crippen LogP contribution is 2.14. The van der Waals surface area contributed by atoms with Gasteiger partial charge in [0.1, 0.15) is 0 Å². The number of carbonyl (C=O) groups excluding carboxylic acids is 3. The van der Waals surface area contributed by atoms with Crippen molar-refractivity contribution < 1.29 is 19.1 Å². The minimum Gasteiger partial charge on any atom is -0.383 e. The molecule has 0 bridgehead atoms. The number of carbonyl (C=O) groups is 3. The molecule has 31 heavy (non-hydrogen) atoms. The lowest BCUT2D eigenvalue weighted by Crippen LogP contribution is -2.30. The van der Waals surface area contributed by atoms with Crippen LogP contribution in [0, 0.1) is 0 Å². The summed E-state index contributed by atoms with van der Waals surface area (Å²) in [4.78, 5) is 38.5. The number of methoxy groups -OCH3 is 1. The third kappa shape index (κ3) is 7.42. The quantitative estimate of drug-likeness (QED) is 0.480. The van der Waals surface area contributed by atoms with Crippen molar-refractivity contribution in [2.75, 3.05) is 50.5 Å². The van der Waals surface area contributed by atoms with E-state index in [0.29, 0.717) is 48.7 Å². The molecule has 2 rings (SSSR count). The fourth-order valence-electron chi connectivity index (χ4n) is 2.92. The molecule has 8 heteroatoms. The minimum absolute atomic E-state index is 0.0492. The van der Waals surface area contributed by atoms with Crippen molar-refractivity contribution in [3.63, 3.8) is 0 Å². The highest BCUT2D eigenvalue weighted by atomic mass is 16.5. The molecule has 2 aromatic rings. The number of ether oxygens (including phenoxy) is 1. The van der Waals surface area contributed by atoms with Gasteiger partial charge >= 0.3 is 0 Å². The van der Waals surface area contributed by atoms with Crippen LogP contribution in [0.2, 0.25) is 0 Å². The molecule has 3 amide bonds. The highest BCUT2D eigenvalue weighted by molar-refractivity contribution is 5.98. The fraction of sp³-hybridized carbons (Fsp3) is 0.348. The number of anilines is 2. The van der Waals surface area contributed by atoms with Crippen molar-refractivity contribution in [2.45, 2.75) is 13.8 Å². The van der Waals surface area contributed by atoms with E-state index in [0.717, 1.165) is 0 Å². The molecule has 8 nitrogen and oxygen atoms in total. The van der Waals surface area contributed by atoms with Crippen LogP contribution in [-0.4, -0.2) is 62.5 Å². The molecule has 0 fully saturated rings. The summed E-state index contributed by atoms with van der Waals surface area (Å²) in [6.07, 6.45) is 0. The molecule has 2 aromatic carbocycles. The summed E-state index contributed by atoms with van der Waals surface area (Å²) in [7, 11) is 1.57. The average molecular weight is 427 g/mol. The van der Waals surface area contributed by atoms with E-state index in [2.05, 4.69) is 16.0 Å². The third-order valence-electron chi connectivity index (χ3n) is 4.64. The zero-order valence-corrected chi connectivity index (χ0v) is 18.2. The Labute approximate surface area is 183 Å². The first-order valence-electron chi connectivity index (χ1n) is 10.3. The number of amides is 3. The van der Waals surface area contributed by atoms with Gasteiger partial charge in [-0.3, -0.25) is 14.4 Å². The summed E-state index contributed by atoms with van der Waals surface area (Å²) >= 11 is 0. The van der Waals surface area contributed by atoms with Crippen LogP contribution in [-0.2, 0) is 9.53 Å². The van der Waals surface area contributed by atoms with E-state index >= 15 is 0 Å². The number of rotatable bonds is 11. The minimum atomic E-state index is -0.242. The summed E-state index contributed by atoms with van der Waals surface area (Å²) in [5.74, 6) is -0.486. The predicted octanol–water partition coefficient (Wildman–Crippen LogP) is 2.60. The Morgan fingerprint density at radius 1 is 0.935 bits per heavy atom. The first kappa shape index (κ1) is 23.9. The van der Waals surface area contributed by atoms with Crippen LogP contribution in [0.4, 0.5) is 11.4 Å². The summed E-state index contributed by atoms with van der Waals surface area (Å²) in [6.45, 7) is 6.06. The zero-order valence-electron chi connectivity index (χ0n) is 18.2. The Morgan fingerprint density at radius 2 is 1.65 bits per heavy atom. The van der Waals surface area contributed by atoms with Crippen molar-refractivity contribution in [1.29, 1.82) is 0 Å².